The van der Waals surface area contributed by atoms with Gasteiger partial charge >= 0.3 is 12.0 Å². The summed E-state index contributed by atoms with van der Waals surface area (Å²) in [6, 6.07) is 10.8. The highest BCUT2D eigenvalue weighted by Gasteiger charge is 2.41. The van der Waals surface area contributed by atoms with Gasteiger partial charge in [-0.05, 0) is 112 Å². The molecule has 0 spiro atoms. The Morgan fingerprint density at radius 3 is 2.54 bits per heavy atom. The standard InChI is InChI=1S/C48H62N10O7/c1-8-32-26-34-35(48(6,7)43-41(42(34)60)33-14-13-31(28-49)25-37(33)51-43)27-39(32)55-21-23-56(24-22-55)40(59)12-10-17-54-19-15-30(2)38(29-54)52-44(61)36(53-46(62)65-47(3,4)5)11-9-18-57-20-16-50-45(57)58(63)64/h13-14,16,20,25-27,30,36,38,51H,8-12,15,17-19,21-24,29H2,1-7H3,(H,52,61)(H,53,62)/t30-,36+,38+/m1/s1. The van der Waals surface area contributed by atoms with Gasteiger partial charge in [-0.15, -0.1) is 0 Å². The Morgan fingerprint density at radius 1 is 1.09 bits per heavy atom. The lowest BCUT2D eigenvalue weighted by Crippen LogP contribution is -2.56. The van der Waals surface area contributed by atoms with Crippen LogP contribution in [0.15, 0.2) is 42.7 Å². The lowest BCUT2D eigenvalue weighted by molar-refractivity contribution is -0.396. The summed E-state index contributed by atoms with van der Waals surface area (Å²) in [5.41, 5.74) is 5.49. The molecule has 2 aromatic carbocycles. The van der Waals surface area contributed by atoms with E-state index in [1.54, 1.807) is 32.9 Å². The van der Waals surface area contributed by atoms with Crippen LogP contribution in [0.25, 0.3) is 10.9 Å². The summed E-state index contributed by atoms with van der Waals surface area (Å²) >= 11 is 0. The smallest absolute Gasteiger partial charge is 0.434 e. The third kappa shape index (κ3) is 10.2. The zero-order valence-electron chi connectivity index (χ0n) is 38.7. The third-order valence-corrected chi connectivity index (χ3v) is 13.3. The Morgan fingerprint density at radius 2 is 1.85 bits per heavy atom. The number of nitriles is 1. The molecule has 2 aliphatic heterocycles. The SMILES string of the molecule is CCc1cc2c(cc1N1CCN(C(=O)CCCN3CC[C@@H](C)[C@@H](NC(=O)[C@H](CCCn4ccnc4[N+](=O)[O-])NC(=O)OC(C)(C)C)C3)CC1)C(C)(C)c1[nH]c3cc(C#N)ccc3c1C2=O. The number of hydrogen-bond acceptors (Lipinski definition) is 11. The molecule has 7 rings (SSSR count). The van der Waals surface area contributed by atoms with Crippen LogP contribution in [-0.4, -0.2) is 116 Å². The molecule has 2 saturated heterocycles. The minimum atomic E-state index is -0.918. The number of rotatable bonds is 14. The number of carbonyl (C=O) groups excluding carboxylic acids is 4. The molecular weight excluding hydrogens is 829 g/mol. The number of ether oxygens (including phenoxy) is 1. The van der Waals surface area contributed by atoms with Crippen LogP contribution in [0.4, 0.5) is 16.4 Å². The third-order valence-electron chi connectivity index (χ3n) is 13.3. The molecule has 0 saturated carbocycles. The topological polar surface area (TPSA) is 212 Å². The van der Waals surface area contributed by atoms with E-state index < -0.39 is 28.1 Å². The van der Waals surface area contributed by atoms with E-state index in [2.05, 4.69) is 76.3 Å². The van der Waals surface area contributed by atoms with E-state index in [9.17, 15) is 34.6 Å². The molecule has 3 aliphatic rings. The van der Waals surface area contributed by atoms with E-state index in [0.717, 1.165) is 52.8 Å². The lowest BCUT2D eigenvalue weighted by Gasteiger charge is -2.39. The molecule has 65 heavy (non-hydrogen) atoms. The molecular formula is C48H62N10O7. The first kappa shape index (κ1) is 46.7. The summed E-state index contributed by atoms with van der Waals surface area (Å²) in [5, 5.41) is 27.6. The van der Waals surface area contributed by atoms with Crippen molar-refractivity contribution in [2.75, 3.05) is 50.7 Å². The maximum Gasteiger partial charge on any atom is 0.434 e. The average Bonchev–Trinajstić information content (AvgIpc) is 3.91. The summed E-state index contributed by atoms with van der Waals surface area (Å²) in [5.74, 6) is -0.331. The second-order valence-corrected chi connectivity index (χ2v) is 19.3. The van der Waals surface area contributed by atoms with Gasteiger partial charge in [0.1, 0.15) is 24.0 Å². The number of amides is 3. The van der Waals surface area contributed by atoms with E-state index >= 15 is 0 Å². The molecule has 0 bridgehead atoms. The molecule has 3 amide bonds. The van der Waals surface area contributed by atoms with Crippen molar-refractivity contribution >= 4 is 46.2 Å². The first-order valence-corrected chi connectivity index (χ1v) is 22.9. The number of benzene rings is 2. The van der Waals surface area contributed by atoms with E-state index in [0.29, 0.717) is 75.2 Å². The summed E-state index contributed by atoms with van der Waals surface area (Å²) in [6.07, 6.45) is 5.46. The van der Waals surface area contributed by atoms with Crippen molar-refractivity contribution in [1.82, 2.24) is 35.0 Å². The number of piperazine rings is 1. The van der Waals surface area contributed by atoms with Gasteiger partial charge in [-0.25, -0.2) is 9.36 Å². The number of fused-ring (bicyclic) bond motifs is 4. The highest BCUT2D eigenvalue weighted by Crippen LogP contribution is 2.46. The zero-order chi connectivity index (χ0) is 46.8. The number of imidazole rings is 1. The average molecular weight is 891 g/mol. The quantitative estimate of drug-likeness (QED) is 0.0958. The number of alkyl carbamates (subject to hydrolysis) is 1. The van der Waals surface area contributed by atoms with Crippen LogP contribution < -0.4 is 15.5 Å². The first-order chi connectivity index (χ1) is 30.9. The predicted octanol–water partition coefficient (Wildman–Crippen LogP) is 6.21. The Balaban J connectivity index is 0.919. The van der Waals surface area contributed by atoms with Crippen LogP contribution in [0.5, 0.6) is 0 Å². The number of aromatic amines is 1. The van der Waals surface area contributed by atoms with Crippen molar-refractivity contribution in [2.45, 2.75) is 117 Å². The van der Waals surface area contributed by atoms with Crippen molar-refractivity contribution in [3.05, 3.63) is 86.4 Å². The Hall–Kier alpha value is -6.28. The van der Waals surface area contributed by atoms with Crippen LogP contribution in [0.3, 0.4) is 0 Å². The van der Waals surface area contributed by atoms with Crippen LogP contribution in [0, 0.1) is 27.4 Å². The van der Waals surface area contributed by atoms with E-state index in [4.69, 9.17) is 4.74 Å². The molecule has 346 valence electrons. The maximum atomic E-state index is 14.1. The van der Waals surface area contributed by atoms with Gasteiger partial charge < -0.3 is 45.2 Å². The van der Waals surface area contributed by atoms with E-state index in [1.807, 2.05) is 11.0 Å². The molecule has 4 aromatic rings. The summed E-state index contributed by atoms with van der Waals surface area (Å²) in [6.45, 7) is 18.7. The number of hydrogen-bond donors (Lipinski definition) is 3. The minimum Gasteiger partial charge on any atom is -0.444 e. The van der Waals surface area contributed by atoms with Gasteiger partial charge in [-0.1, -0.05) is 38.7 Å². The molecule has 2 fully saturated rings. The summed E-state index contributed by atoms with van der Waals surface area (Å²) in [4.78, 5) is 78.9. The number of aryl methyl sites for hydroxylation is 2. The number of nitro groups is 1. The molecule has 17 heteroatoms. The van der Waals surface area contributed by atoms with Crippen LogP contribution in [0.1, 0.15) is 119 Å². The van der Waals surface area contributed by atoms with Crippen molar-refractivity contribution < 1.29 is 28.8 Å². The fourth-order valence-corrected chi connectivity index (χ4v) is 9.61. The highest BCUT2D eigenvalue weighted by atomic mass is 16.6. The molecule has 4 heterocycles. The number of likely N-dealkylation sites (tertiary alicyclic amines) is 1. The van der Waals surface area contributed by atoms with Crippen molar-refractivity contribution in [1.29, 1.82) is 5.26 Å². The fraction of sp³-hybridized carbons (Fsp3) is 0.542. The van der Waals surface area contributed by atoms with Gasteiger partial charge in [-0.3, -0.25) is 14.4 Å². The molecule has 3 N–H and O–H groups in total. The summed E-state index contributed by atoms with van der Waals surface area (Å²) < 4.78 is 6.86. The fourth-order valence-electron chi connectivity index (χ4n) is 9.61. The van der Waals surface area contributed by atoms with Gasteiger partial charge in [0.25, 0.3) is 0 Å². The number of piperidine rings is 1. The van der Waals surface area contributed by atoms with E-state index in [-0.39, 0.29) is 48.5 Å². The molecule has 0 unspecified atom stereocenters. The normalized spacial score (nSPS) is 19.0. The maximum absolute atomic E-state index is 14.1. The number of anilines is 1. The van der Waals surface area contributed by atoms with Gasteiger partial charge in [0.15, 0.2) is 5.78 Å². The first-order valence-electron chi connectivity index (χ1n) is 22.9. The molecule has 2 aromatic heterocycles. The van der Waals surface area contributed by atoms with Crippen molar-refractivity contribution in [3.8, 4) is 6.07 Å². The Bertz CT molecular complexity index is 2500. The monoisotopic (exact) mass is 890 g/mol. The largest absolute Gasteiger partial charge is 0.444 e. The lowest BCUT2D eigenvalue weighted by atomic mass is 9.70. The number of nitrogens with one attached hydrogen (secondary N) is 3. The number of aromatic nitrogens is 3. The second kappa shape index (κ2) is 19.1. The number of carbonyl (C=O) groups is 4. The van der Waals surface area contributed by atoms with Crippen molar-refractivity contribution in [3.63, 3.8) is 0 Å². The second-order valence-electron chi connectivity index (χ2n) is 19.3. The van der Waals surface area contributed by atoms with Gasteiger partial charge in [0.05, 0.1) is 23.7 Å². The minimum absolute atomic E-state index is 0.00574. The van der Waals surface area contributed by atoms with Crippen LogP contribution >= 0.6 is 0 Å². The van der Waals surface area contributed by atoms with Crippen molar-refractivity contribution in [2.24, 2.45) is 5.92 Å². The number of ketones is 1. The van der Waals surface area contributed by atoms with Crippen LogP contribution in [-0.2, 0) is 32.7 Å². The Kier molecular flexibility index (Phi) is 13.7. The number of H-pyrrole nitrogens is 1. The Labute approximate surface area is 380 Å². The summed E-state index contributed by atoms with van der Waals surface area (Å²) in [7, 11) is 0. The highest BCUT2D eigenvalue weighted by molar-refractivity contribution is 6.20. The van der Waals surface area contributed by atoms with Gasteiger partial charge in [0, 0.05) is 78.4 Å². The van der Waals surface area contributed by atoms with E-state index in [1.165, 1.54) is 17.0 Å². The molecule has 0 radical (unpaired) electrons. The molecule has 3 atom stereocenters. The molecule has 1 aliphatic carbocycles. The number of nitrogens with zero attached hydrogens (tertiary/aromatic N) is 7. The van der Waals surface area contributed by atoms with Gasteiger partial charge in [0.2, 0.25) is 11.8 Å². The zero-order valence-corrected chi connectivity index (χ0v) is 38.7. The van der Waals surface area contributed by atoms with Crippen LogP contribution in [0.2, 0.25) is 0 Å². The van der Waals surface area contributed by atoms with Gasteiger partial charge in [-0.2, -0.15) is 5.26 Å². The predicted molar refractivity (Wildman–Crippen MR) is 246 cm³/mol. The molecule has 17 nitrogen and oxygen atoms in total.